The fraction of sp³-hybridized carbons (Fsp3) is 0.303. The zero-order chi connectivity index (χ0) is 31.3. The molecule has 0 aliphatic heterocycles. The molecule has 1 aliphatic carbocycles. The molecule has 0 saturated heterocycles. The van der Waals surface area contributed by atoms with E-state index in [0.717, 1.165) is 29.7 Å². The van der Waals surface area contributed by atoms with Crippen LogP contribution in [0.5, 0.6) is 23.4 Å². The Labute approximate surface area is 265 Å². The second kappa shape index (κ2) is 13.7. The van der Waals surface area contributed by atoms with Gasteiger partial charge < -0.3 is 28.8 Å². The van der Waals surface area contributed by atoms with Gasteiger partial charge in [0.1, 0.15) is 11.5 Å². The molecule has 0 amide bonds. The van der Waals surface area contributed by atoms with E-state index in [2.05, 4.69) is 9.97 Å². The van der Waals surface area contributed by atoms with Gasteiger partial charge in [0.15, 0.2) is 5.60 Å². The molecule has 1 N–H and O–H groups in total. The van der Waals surface area contributed by atoms with Crippen LogP contribution in [0.3, 0.4) is 0 Å². The number of carbonyl (C=O) groups is 1. The van der Waals surface area contributed by atoms with Crippen molar-refractivity contribution in [2.45, 2.75) is 37.4 Å². The van der Waals surface area contributed by atoms with Crippen LogP contribution in [0.25, 0.3) is 0 Å². The molecular formula is C33H32Cl2N2O7. The number of carboxylic acids is 1. The van der Waals surface area contributed by atoms with Crippen LogP contribution in [0.2, 0.25) is 10.0 Å². The summed E-state index contributed by atoms with van der Waals surface area (Å²) in [5.74, 6) is 0.315. The SMILES string of the molecule is COc1cc(CCOC(c2ccc(Cl)cc2)(c2ccc(Cl)cc2)C(Oc2nc3c(c(OC)n2)CCC3)C(=O)O)cc(OC)c1. The summed E-state index contributed by atoms with van der Waals surface area (Å²) < 4.78 is 29.3. The highest BCUT2D eigenvalue weighted by Crippen LogP contribution is 2.41. The predicted molar refractivity (Wildman–Crippen MR) is 166 cm³/mol. The zero-order valence-corrected chi connectivity index (χ0v) is 26.0. The lowest BCUT2D eigenvalue weighted by molar-refractivity contribution is -0.164. The summed E-state index contributed by atoms with van der Waals surface area (Å²) in [4.78, 5) is 22.3. The molecule has 9 nitrogen and oxygen atoms in total. The Morgan fingerprint density at radius 3 is 1.98 bits per heavy atom. The van der Waals surface area contributed by atoms with Gasteiger partial charge in [-0.1, -0.05) is 47.5 Å². The minimum absolute atomic E-state index is 0.0864. The molecule has 1 unspecified atom stereocenters. The molecule has 4 aromatic rings. The monoisotopic (exact) mass is 638 g/mol. The first kappa shape index (κ1) is 31.4. The maximum atomic E-state index is 13.2. The molecule has 0 saturated carbocycles. The molecule has 3 aromatic carbocycles. The highest BCUT2D eigenvalue weighted by molar-refractivity contribution is 6.30. The second-order valence-electron chi connectivity index (χ2n) is 10.2. The van der Waals surface area contributed by atoms with Gasteiger partial charge in [-0.05, 0) is 78.8 Å². The Morgan fingerprint density at radius 2 is 1.45 bits per heavy atom. The van der Waals surface area contributed by atoms with Gasteiger partial charge in [-0.15, -0.1) is 0 Å². The van der Waals surface area contributed by atoms with Crippen LogP contribution in [0.4, 0.5) is 0 Å². The van der Waals surface area contributed by atoms with E-state index in [0.29, 0.717) is 51.4 Å². The molecule has 1 aliphatic rings. The third-order valence-corrected chi connectivity index (χ3v) is 8.07. The van der Waals surface area contributed by atoms with Gasteiger partial charge in [0, 0.05) is 21.7 Å². The minimum Gasteiger partial charge on any atom is -0.497 e. The number of aliphatic carboxylic acids is 1. The quantitative estimate of drug-likeness (QED) is 0.179. The number of carboxylic acid groups (broad SMARTS) is 1. The van der Waals surface area contributed by atoms with Gasteiger partial charge in [0.25, 0.3) is 0 Å². The number of fused-ring (bicyclic) bond motifs is 1. The van der Waals surface area contributed by atoms with Crippen molar-refractivity contribution in [1.29, 1.82) is 0 Å². The van der Waals surface area contributed by atoms with Crippen LogP contribution in [0.1, 0.15) is 34.4 Å². The highest BCUT2D eigenvalue weighted by Gasteiger charge is 2.50. The fourth-order valence-electron chi connectivity index (χ4n) is 5.46. The fourth-order valence-corrected chi connectivity index (χ4v) is 5.71. The van der Waals surface area contributed by atoms with Gasteiger partial charge in [0.05, 0.1) is 33.6 Å². The van der Waals surface area contributed by atoms with Crippen LogP contribution in [-0.2, 0) is 34.4 Å². The normalized spacial score (nSPS) is 13.2. The largest absolute Gasteiger partial charge is 0.497 e. The maximum Gasteiger partial charge on any atom is 0.348 e. The summed E-state index contributed by atoms with van der Waals surface area (Å²) in [6.45, 7) is 0.0864. The minimum atomic E-state index is -1.69. The third kappa shape index (κ3) is 6.55. The zero-order valence-electron chi connectivity index (χ0n) is 24.5. The van der Waals surface area contributed by atoms with Gasteiger partial charge in [-0.25, -0.2) is 4.79 Å². The van der Waals surface area contributed by atoms with Crippen LogP contribution in [-0.4, -0.2) is 55.1 Å². The Morgan fingerprint density at radius 1 is 0.864 bits per heavy atom. The summed E-state index contributed by atoms with van der Waals surface area (Å²) in [5.41, 5.74) is 1.83. The van der Waals surface area contributed by atoms with Gasteiger partial charge >= 0.3 is 12.0 Å². The number of rotatable bonds is 13. The van der Waals surface area contributed by atoms with Crippen molar-refractivity contribution in [3.63, 3.8) is 0 Å². The molecule has 5 rings (SSSR count). The average molecular weight is 640 g/mol. The van der Waals surface area contributed by atoms with Crippen molar-refractivity contribution < 1.29 is 33.6 Å². The summed E-state index contributed by atoms with van der Waals surface area (Å²) >= 11 is 12.5. The first-order valence-electron chi connectivity index (χ1n) is 14.0. The van der Waals surface area contributed by atoms with E-state index in [9.17, 15) is 9.90 Å². The summed E-state index contributed by atoms with van der Waals surface area (Å²) in [5, 5.41) is 11.7. The topological polar surface area (TPSA) is 109 Å². The molecule has 230 valence electrons. The molecule has 0 radical (unpaired) electrons. The number of hydrogen-bond donors (Lipinski definition) is 1. The van der Waals surface area contributed by atoms with Crippen LogP contribution < -0.4 is 18.9 Å². The van der Waals surface area contributed by atoms with E-state index in [-0.39, 0.29) is 12.6 Å². The lowest BCUT2D eigenvalue weighted by Crippen LogP contribution is -2.51. The van der Waals surface area contributed by atoms with E-state index < -0.39 is 17.7 Å². The van der Waals surface area contributed by atoms with Crippen LogP contribution in [0.15, 0.2) is 66.7 Å². The van der Waals surface area contributed by atoms with E-state index >= 15 is 0 Å². The van der Waals surface area contributed by atoms with Crippen molar-refractivity contribution in [3.05, 3.63) is 105 Å². The molecule has 11 heteroatoms. The van der Waals surface area contributed by atoms with Crippen molar-refractivity contribution in [1.82, 2.24) is 9.97 Å². The molecule has 0 fully saturated rings. The van der Waals surface area contributed by atoms with Crippen LogP contribution >= 0.6 is 23.2 Å². The Balaban J connectivity index is 1.62. The first-order valence-corrected chi connectivity index (χ1v) is 14.7. The van der Waals surface area contributed by atoms with Gasteiger partial charge in [-0.2, -0.15) is 9.97 Å². The number of ether oxygens (including phenoxy) is 5. The first-order chi connectivity index (χ1) is 21.3. The Hall–Kier alpha value is -4.05. The van der Waals surface area contributed by atoms with Crippen molar-refractivity contribution >= 4 is 29.2 Å². The van der Waals surface area contributed by atoms with E-state index in [1.165, 1.54) is 7.11 Å². The molecule has 0 spiro atoms. The van der Waals surface area contributed by atoms with Crippen molar-refractivity contribution in [2.24, 2.45) is 0 Å². The van der Waals surface area contributed by atoms with E-state index in [4.69, 9.17) is 46.9 Å². The predicted octanol–water partition coefficient (Wildman–Crippen LogP) is 6.33. The summed E-state index contributed by atoms with van der Waals surface area (Å²) in [7, 11) is 4.67. The molecule has 0 bridgehead atoms. The Kier molecular flexibility index (Phi) is 9.78. The molecular weight excluding hydrogens is 607 g/mol. The number of methoxy groups -OCH3 is 3. The summed E-state index contributed by atoms with van der Waals surface area (Å²) in [6, 6.07) is 18.9. The summed E-state index contributed by atoms with van der Waals surface area (Å²) in [6.07, 6.45) is 1.13. The molecule has 1 heterocycles. The van der Waals surface area contributed by atoms with Crippen molar-refractivity contribution in [2.75, 3.05) is 27.9 Å². The number of halogens is 2. The molecule has 44 heavy (non-hydrogen) atoms. The van der Waals surface area contributed by atoms with Crippen LogP contribution in [0, 0.1) is 0 Å². The second-order valence-corrected chi connectivity index (χ2v) is 11.1. The maximum absolute atomic E-state index is 13.2. The smallest absolute Gasteiger partial charge is 0.348 e. The third-order valence-electron chi connectivity index (χ3n) is 7.56. The number of aromatic nitrogens is 2. The lowest BCUT2D eigenvalue weighted by Gasteiger charge is -2.39. The van der Waals surface area contributed by atoms with Crippen molar-refractivity contribution in [3.8, 4) is 23.4 Å². The highest BCUT2D eigenvalue weighted by atomic mass is 35.5. The number of aryl methyl sites for hydroxylation is 1. The average Bonchev–Trinajstić information content (AvgIpc) is 3.51. The van der Waals surface area contributed by atoms with E-state index in [1.54, 1.807) is 68.8 Å². The van der Waals surface area contributed by atoms with Gasteiger partial charge in [0.2, 0.25) is 12.0 Å². The number of nitrogens with zero attached hydrogens (tertiary/aromatic N) is 2. The standard InChI is InChI=1S/C33H32Cl2N2O7/c1-40-25-17-20(18-26(19-25)41-2)15-16-43-33(21-7-11-23(34)12-8-21,22-9-13-24(35)14-10-22)29(31(38)39)44-32-36-28-6-4-5-27(28)30(37-32)42-3/h7-14,17-19,29H,4-6,15-16H2,1-3H3,(H,38,39). The van der Waals surface area contributed by atoms with Gasteiger partial charge in [-0.3, -0.25) is 0 Å². The number of benzene rings is 3. The lowest BCUT2D eigenvalue weighted by atomic mass is 9.81. The Bertz CT molecular complexity index is 1550. The molecule has 1 atom stereocenters. The van der Waals surface area contributed by atoms with E-state index in [1.807, 2.05) is 12.1 Å². The molecule has 1 aromatic heterocycles. The number of hydrogen-bond acceptors (Lipinski definition) is 8.